The SMILES string of the molecule is Cc1nn(-c2ccccc2)c(C)c1C=CC(=O)NCC(c1cccs1)N1CCOCC1. The van der Waals surface area contributed by atoms with Gasteiger partial charge in [-0.25, -0.2) is 4.68 Å². The Bertz CT molecular complexity index is 1020. The van der Waals surface area contributed by atoms with Crippen LogP contribution in [0.5, 0.6) is 0 Å². The van der Waals surface area contributed by atoms with E-state index in [-0.39, 0.29) is 11.9 Å². The van der Waals surface area contributed by atoms with E-state index in [0.717, 1.165) is 48.9 Å². The molecule has 1 fully saturated rings. The van der Waals surface area contributed by atoms with Crippen molar-refractivity contribution < 1.29 is 9.53 Å². The molecule has 2 aromatic heterocycles. The molecule has 31 heavy (non-hydrogen) atoms. The number of morpholine rings is 1. The van der Waals surface area contributed by atoms with E-state index in [1.807, 2.05) is 54.9 Å². The fourth-order valence-corrected chi connectivity index (χ4v) is 4.77. The van der Waals surface area contributed by atoms with Gasteiger partial charge in [-0.05, 0) is 43.5 Å². The predicted octanol–water partition coefficient (Wildman–Crippen LogP) is 3.75. The fraction of sp³-hybridized carbons (Fsp3) is 0.333. The smallest absolute Gasteiger partial charge is 0.244 e. The number of rotatable bonds is 7. The van der Waals surface area contributed by atoms with Gasteiger partial charge in [0.25, 0.3) is 0 Å². The van der Waals surface area contributed by atoms with Gasteiger partial charge in [0.15, 0.2) is 0 Å². The highest BCUT2D eigenvalue weighted by atomic mass is 32.1. The summed E-state index contributed by atoms with van der Waals surface area (Å²) in [5.41, 5.74) is 3.89. The second-order valence-electron chi connectivity index (χ2n) is 7.59. The lowest BCUT2D eigenvalue weighted by Crippen LogP contribution is -2.43. The normalized spacial score (nSPS) is 15.9. The molecule has 7 heteroatoms. The molecule has 0 aliphatic carbocycles. The van der Waals surface area contributed by atoms with Gasteiger partial charge in [0.05, 0.1) is 30.6 Å². The monoisotopic (exact) mass is 436 g/mol. The molecule has 1 amide bonds. The Hall–Kier alpha value is -2.74. The zero-order valence-corrected chi connectivity index (χ0v) is 18.8. The van der Waals surface area contributed by atoms with Crippen LogP contribution in [0.4, 0.5) is 0 Å². The molecular formula is C24H28N4O2S. The molecule has 1 N–H and O–H groups in total. The van der Waals surface area contributed by atoms with E-state index in [0.29, 0.717) is 6.54 Å². The van der Waals surface area contributed by atoms with E-state index in [1.165, 1.54) is 4.88 Å². The third-order valence-electron chi connectivity index (χ3n) is 5.58. The summed E-state index contributed by atoms with van der Waals surface area (Å²) in [5.74, 6) is -0.0962. The van der Waals surface area contributed by atoms with E-state index < -0.39 is 0 Å². The maximum absolute atomic E-state index is 12.6. The van der Waals surface area contributed by atoms with Crippen molar-refractivity contribution in [3.8, 4) is 5.69 Å². The van der Waals surface area contributed by atoms with Gasteiger partial charge in [-0.3, -0.25) is 9.69 Å². The molecule has 1 aromatic carbocycles. The first-order valence-electron chi connectivity index (χ1n) is 10.6. The first kappa shape index (κ1) is 21.5. The summed E-state index contributed by atoms with van der Waals surface area (Å²) in [6.07, 6.45) is 3.47. The number of aromatic nitrogens is 2. The van der Waals surface area contributed by atoms with Crippen molar-refractivity contribution in [2.75, 3.05) is 32.8 Å². The molecule has 4 rings (SSSR count). The van der Waals surface area contributed by atoms with Gasteiger partial charge in [-0.15, -0.1) is 11.3 Å². The van der Waals surface area contributed by atoms with Gasteiger partial charge < -0.3 is 10.1 Å². The fourth-order valence-electron chi connectivity index (χ4n) is 3.91. The molecule has 0 spiro atoms. The van der Waals surface area contributed by atoms with Crippen molar-refractivity contribution in [1.82, 2.24) is 20.0 Å². The van der Waals surface area contributed by atoms with Crippen molar-refractivity contribution in [2.24, 2.45) is 0 Å². The highest BCUT2D eigenvalue weighted by Gasteiger charge is 2.23. The highest BCUT2D eigenvalue weighted by molar-refractivity contribution is 7.10. The topological polar surface area (TPSA) is 59.4 Å². The maximum atomic E-state index is 12.6. The summed E-state index contributed by atoms with van der Waals surface area (Å²) in [6, 6.07) is 14.4. The van der Waals surface area contributed by atoms with Crippen molar-refractivity contribution in [3.05, 3.63) is 75.7 Å². The minimum absolute atomic E-state index is 0.0962. The van der Waals surface area contributed by atoms with Crippen molar-refractivity contribution in [1.29, 1.82) is 0 Å². The summed E-state index contributed by atoms with van der Waals surface area (Å²) < 4.78 is 7.41. The number of nitrogens with one attached hydrogen (secondary N) is 1. The maximum Gasteiger partial charge on any atom is 0.244 e. The number of benzene rings is 1. The highest BCUT2D eigenvalue weighted by Crippen LogP contribution is 2.25. The number of para-hydroxylation sites is 1. The second-order valence-corrected chi connectivity index (χ2v) is 8.57. The average Bonchev–Trinajstić information content (AvgIpc) is 3.42. The Labute approximate surface area is 187 Å². The zero-order valence-electron chi connectivity index (χ0n) is 18.0. The van der Waals surface area contributed by atoms with E-state index in [1.54, 1.807) is 17.4 Å². The molecule has 1 aliphatic heterocycles. The molecule has 1 saturated heterocycles. The molecule has 3 heterocycles. The average molecular weight is 437 g/mol. The van der Waals surface area contributed by atoms with E-state index in [9.17, 15) is 4.79 Å². The molecule has 1 aliphatic rings. The number of carbonyl (C=O) groups is 1. The first-order valence-corrected chi connectivity index (χ1v) is 11.4. The van der Waals surface area contributed by atoms with E-state index in [4.69, 9.17) is 4.74 Å². The van der Waals surface area contributed by atoms with Crippen LogP contribution in [0.2, 0.25) is 0 Å². The number of thiophene rings is 1. The van der Waals surface area contributed by atoms with E-state index in [2.05, 4.69) is 32.8 Å². The Kier molecular flexibility index (Phi) is 6.96. The van der Waals surface area contributed by atoms with Crippen LogP contribution in [0.3, 0.4) is 0 Å². The molecule has 162 valence electrons. The lowest BCUT2D eigenvalue weighted by molar-refractivity contribution is -0.116. The van der Waals surface area contributed by atoms with Crippen LogP contribution in [0.25, 0.3) is 11.8 Å². The zero-order chi connectivity index (χ0) is 21.6. The van der Waals surface area contributed by atoms with Gasteiger partial charge in [-0.1, -0.05) is 24.3 Å². The third-order valence-corrected chi connectivity index (χ3v) is 6.55. The molecule has 0 saturated carbocycles. The minimum Gasteiger partial charge on any atom is -0.379 e. The van der Waals surface area contributed by atoms with Crippen LogP contribution in [0, 0.1) is 13.8 Å². The predicted molar refractivity (Wildman–Crippen MR) is 125 cm³/mol. The van der Waals surface area contributed by atoms with Gasteiger partial charge in [0.1, 0.15) is 0 Å². The van der Waals surface area contributed by atoms with Gasteiger partial charge in [-0.2, -0.15) is 5.10 Å². The molecule has 6 nitrogen and oxygen atoms in total. The lowest BCUT2D eigenvalue weighted by atomic mass is 10.1. The Morgan fingerprint density at radius 3 is 2.68 bits per heavy atom. The molecule has 3 aromatic rings. The molecule has 1 unspecified atom stereocenters. The minimum atomic E-state index is -0.0962. The van der Waals surface area contributed by atoms with Crippen LogP contribution in [-0.2, 0) is 9.53 Å². The molecule has 0 bridgehead atoms. The third kappa shape index (κ3) is 5.12. The number of hydrogen-bond donors (Lipinski definition) is 1. The quantitative estimate of drug-likeness (QED) is 0.573. The van der Waals surface area contributed by atoms with Crippen molar-refractivity contribution >= 4 is 23.3 Å². The number of amides is 1. The standard InChI is InChI=1S/C24H28N4O2S/c1-18-21(19(2)28(26-18)20-7-4-3-5-8-20)10-11-24(29)25-17-22(23-9-6-16-31-23)27-12-14-30-15-13-27/h3-11,16,22H,12-15,17H2,1-2H3,(H,25,29). The van der Waals surface area contributed by atoms with Crippen LogP contribution in [-0.4, -0.2) is 53.4 Å². The number of carbonyl (C=O) groups excluding carboxylic acids is 1. The van der Waals surface area contributed by atoms with Gasteiger partial charge >= 0.3 is 0 Å². The van der Waals surface area contributed by atoms with Crippen LogP contribution in [0.1, 0.15) is 27.9 Å². The van der Waals surface area contributed by atoms with Gasteiger partial charge in [0, 0.05) is 41.8 Å². The first-order chi connectivity index (χ1) is 15.1. The Balaban J connectivity index is 1.43. The summed E-state index contributed by atoms with van der Waals surface area (Å²) in [4.78, 5) is 16.3. The van der Waals surface area contributed by atoms with Crippen LogP contribution < -0.4 is 5.32 Å². The summed E-state index contributed by atoms with van der Waals surface area (Å²) >= 11 is 1.73. The summed E-state index contributed by atoms with van der Waals surface area (Å²) in [6.45, 7) is 7.80. The number of ether oxygens (including phenoxy) is 1. The molecular weight excluding hydrogens is 408 g/mol. The number of hydrogen-bond acceptors (Lipinski definition) is 5. The number of aryl methyl sites for hydroxylation is 1. The number of nitrogens with zero attached hydrogens (tertiary/aromatic N) is 3. The largest absolute Gasteiger partial charge is 0.379 e. The Morgan fingerprint density at radius 1 is 1.19 bits per heavy atom. The van der Waals surface area contributed by atoms with Crippen molar-refractivity contribution in [2.45, 2.75) is 19.9 Å². The van der Waals surface area contributed by atoms with E-state index >= 15 is 0 Å². The summed E-state index contributed by atoms with van der Waals surface area (Å²) in [5, 5.41) is 9.82. The lowest BCUT2D eigenvalue weighted by Gasteiger charge is -2.34. The summed E-state index contributed by atoms with van der Waals surface area (Å²) in [7, 11) is 0. The molecule has 1 atom stereocenters. The Morgan fingerprint density at radius 2 is 1.97 bits per heavy atom. The van der Waals surface area contributed by atoms with Crippen molar-refractivity contribution in [3.63, 3.8) is 0 Å². The van der Waals surface area contributed by atoms with Crippen LogP contribution in [0.15, 0.2) is 53.9 Å². The molecule has 0 radical (unpaired) electrons. The van der Waals surface area contributed by atoms with Gasteiger partial charge in [0.2, 0.25) is 5.91 Å². The van der Waals surface area contributed by atoms with Crippen LogP contribution >= 0.6 is 11.3 Å². The second kappa shape index (κ2) is 10.0.